The largest absolute Gasteiger partial charge is 0.352 e. The first-order chi connectivity index (χ1) is 15.2. The molecule has 4 nitrogen and oxygen atoms in total. The van der Waals surface area contributed by atoms with Crippen LogP contribution in [0.2, 0.25) is 0 Å². The number of rotatable bonds is 8. The molecule has 2 heterocycles. The number of pyridine rings is 2. The van der Waals surface area contributed by atoms with Gasteiger partial charge in [0, 0.05) is 41.5 Å². The zero-order chi connectivity index (χ0) is 23.3. The number of hydrogen-bond acceptors (Lipinski definition) is 3. The molecular weight excluding hydrogens is 394 g/mol. The van der Waals surface area contributed by atoms with Crippen LogP contribution in [-0.4, -0.2) is 22.4 Å². The van der Waals surface area contributed by atoms with Gasteiger partial charge in [-0.1, -0.05) is 58.9 Å². The molecule has 0 spiro atoms. The molecule has 1 N–H and O–H groups in total. The Labute approximate surface area is 192 Å². The molecule has 4 heteroatoms. The molecule has 1 amide bonds. The van der Waals surface area contributed by atoms with Gasteiger partial charge < -0.3 is 5.32 Å². The van der Waals surface area contributed by atoms with Gasteiger partial charge in [-0.25, -0.2) is 0 Å². The van der Waals surface area contributed by atoms with Gasteiger partial charge in [-0.2, -0.15) is 0 Å². The minimum atomic E-state index is -0.209. The Morgan fingerprint density at radius 3 is 2.31 bits per heavy atom. The van der Waals surface area contributed by atoms with Crippen LogP contribution in [0.4, 0.5) is 0 Å². The fourth-order valence-corrected chi connectivity index (χ4v) is 4.01. The van der Waals surface area contributed by atoms with E-state index >= 15 is 0 Å². The lowest BCUT2D eigenvalue weighted by Crippen LogP contribution is -2.25. The lowest BCUT2D eigenvalue weighted by Gasteiger charge is -2.26. The van der Waals surface area contributed by atoms with Crippen molar-refractivity contribution >= 4 is 5.91 Å². The molecule has 3 rings (SSSR count). The van der Waals surface area contributed by atoms with E-state index in [-0.39, 0.29) is 17.2 Å². The number of hydrogen-bond donors (Lipinski definition) is 1. The fraction of sp³-hybridized carbons (Fsp3) is 0.393. The van der Waals surface area contributed by atoms with E-state index in [0.29, 0.717) is 18.0 Å². The molecule has 32 heavy (non-hydrogen) atoms. The van der Waals surface area contributed by atoms with Crippen LogP contribution in [0.15, 0.2) is 60.9 Å². The Kier molecular flexibility index (Phi) is 7.44. The quantitative estimate of drug-likeness (QED) is 0.467. The summed E-state index contributed by atoms with van der Waals surface area (Å²) in [6.07, 6.45) is 4.65. The first-order valence-electron chi connectivity index (χ1n) is 11.5. The highest BCUT2D eigenvalue weighted by molar-refractivity contribution is 5.94. The lowest BCUT2D eigenvalue weighted by atomic mass is 9.80. The molecule has 0 aliphatic rings. The zero-order valence-electron chi connectivity index (χ0n) is 20.1. The predicted octanol–water partition coefficient (Wildman–Crippen LogP) is 6.16. The first-order valence-corrected chi connectivity index (χ1v) is 11.5. The van der Waals surface area contributed by atoms with E-state index in [1.165, 1.54) is 11.1 Å². The van der Waals surface area contributed by atoms with Crippen LogP contribution in [-0.2, 0) is 5.41 Å². The predicted molar refractivity (Wildman–Crippen MR) is 131 cm³/mol. The highest BCUT2D eigenvalue weighted by Gasteiger charge is 2.26. The number of nitrogens with zero attached hydrogens (tertiary/aromatic N) is 2. The number of nitrogens with one attached hydrogen (secondary N) is 1. The molecule has 168 valence electrons. The van der Waals surface area contributed by atoms with Gasteiger partial charge in [-0.05, 0) is 60.2 Å². The van der Waals surface area contributed by atoms with Gasteiger partial charge in [-0.15, -0.1) is 0 Å². The average molecular weight is 430 g/mol. The Bertz CT molecular complexity index is 1040. The maximum Gasteiger partial charge on any atom is 0.251 e. The number of carbonyl (C=O) groups is 1. The second-order valence-electron chi connectivity index (χ2n) is 9.49. The number of carbonyl (C=O) groups excluding carboxylic acids is 1. The summed E-state index contributed by atoms with van der Waals surface area (Å²) in [4.78, 5) is 21.8. The molecule has 0 saturated carbocycles. The van der Waals surface area contributed by atoms with Gasteiger partial charge in [0.1, 0.15) is 0 Å². The average Bonchev–Trinajstić information content (AvgIpc) is 2.79. The minimum absolute atomic E-state index is 0.0247. The van der Waals surface area contributed by atoms with Crippen molar-refractivity contribution in [2.45, 2.75) is 65.2 Å². The van der Waals surface area contributed by atoms with Gasteiger partial charge in [-0.3, -0.25) is 14.8 Å². The maximum absolute atomic E-state index is 12.4. The SMILES string of the molecule is Cc1cccnc1C(C)(C)c1ccc(C(C)CCNC(=O)c2ccc(C(C)C)cc2)nc1. The molecule has 1 atom stereocenters. The Morgan fingerprint density at radius 1 is 1.00 bits per heavy atom. The highest BCUT2D eigenvalue weighted by Crippen LogP contribution is 2.32. The summed E-state index contributed by atoms with van der Waals surface area (Å²) in [5, 5.41) is 3.04. The summed E-state index contributed by atoms with van der Waals surface area (Å²) in [6, 6.07) is 16.2. The summed E-state index contributed by atoms with van der Waals surface area (Å²) in [5.74, 6) is 0.695. The number of aryl methyl sites for hydroxylation is 1. The van der Waals surface area contributed by atoms with Gasteiger partial charge in [0.25, 0.3) is 5.91 Å². The molecular formula is C28H35N3O. The van der Waals surface area contributed by atoms with E-state index in [0.717, 1.165) is 23.4 Å². The fourth-order valence-electron chi connectivity index (χ4n) is 4.01. The summed E-state index contributed by atoms with van der Waals surface area (Å²) in [6.45, 7) is 13.5. The van der Waals surface area contributed by atoms with Crippen LogP contribution in [0.3, 0.4) is 0 Å². The van der Waals surface area contributed by atoms with Crippen molar-refractivity contribution in [3.8, 4) is 0 Å². The van der Waals surface area contributed by atoms with Gasteiger partial charge in [0.2, 0.25) is 0 Å². The van der Waals surface area contributed by atoms with E-state index in [9.17, 15) is 4.79 Å². The van der Waals surface area contributed by atoms with Crippen molar-refractivity contribution in [1.82, 2.24) is 15.3 Å². The molecule has 0 fully saturated rings. The lowest BCUT2D eigenvalue weighted by molar-refractivity contribution is 0.0952. The third-order valence-electron chi connectivity index (χ3n) is 6.32. The molecule has 2 aromatic heterocycles. The van der Waals surface area contributed by atoms with E-state index in [4.69, 9.17) is 4.98 Å². The number of benzene rings is 1. The maximum atomic E-state index is 12.4. The first kappa shape index (κ1) is 23.6. The zero-order valence-corrected chi connectivity index (χ0v) is 20.1. The number of aromatic nitrogens is 2. The molecule has 1 aromatic carbocycles. The van der Waals surface area contributed by atoms with Crippen molar-refractivity contribution in [3.63, 3.8) is 0 Å². The van der Waals surface area contributed by atoms with Crippen LogP contribution < -0.4 is 5.32 Å². The highest BCUT2D eigenvalue weighted by atomic mass is 16.1. The van der Waals surface area contributed by atoms with Crippen LogP contribution >= 0.6 is 0 Å². The van der Waals surface area contributed by atoms with Crippen molar-refractivity contribution in [2.24, 2.45) is 0 Å². The molecule has 1 unspecified atom stereocenters. The van der Waals surface area contributed by atoms with Crippen LogP contribution in [0.5, 0.6) is 0 Å². The molecule has 0 bridgehead atoms. The van der Waals surface area contributed by atoms with E-state index in [1.54, 1.807) is 0 Å². The molecule has 0 aliphatic carbocycles. The van der Waals surface area contributed by atoms with Crippen LogP contribution in [0.1, 0.15) is 91.3 Å². The minimum Gasteiger partial charge on any atom is -0.352 e. The van der Waals surface area contributed by atoms with E-state index in [2.05, 4.69) is 70.0 Å². The second-order valence-corrected chi connectivity index (χ2v) is 9.49. The molecule has 3 aromatic rings. The van der Waals surface area contributed by atoms with Crippen LogP contribution in [0, 0.1) is 6.92 Å². The molecule has 0 aliphatic heterocycles. The standard InChI is InChI=1S/C28H35N3O/c1-19(2)22-9-11-23(12-10-22)27(32)30-17-15-20(3)25-14-13-24(18-31-25)28(5,6)26-21(4)8-7-16-29-26/h7-14,16,18-20H,15,17H2,1-6H3,(H,30,32). The summed E-state index contributed by atoms with van der Waals surface area (Å²) in [7, 11) is 0. The molecule has 0 radical (unpaired) electrons. The van der Waals surface area contributed by atoms with E-state index in [1.807, 2.05) is 42.7 Å². The third-order valence-corrected chi connectivity index (χ3v) is 6.32. The summed E-state index contributed by atoms with van der Waals surface area (Å²) in [5.41, 5.74) is 6.18. The van der Waals surface area contributed by atoms with Crippen molar-refractivity contribution < 1.29 is 4.79 Å². The Morgan fingerprint density at radius 2 is 1.72 bits per heavy atom. The van der Waals surface area contributed by atoms with Gasteiger partial charge in [0.05, 0.1) is 5.69 Å². The molecule has 0 saturated heterocycles. The monoisotopic (exact) mass is 429 g/mol. The topological polar surface area (TPSA) is 54.9 Å². The Hall–Kier alpha value is -3.01. The van der Waals surface area contributed by atoms with Crippen molar-refractivity contribution in [2.75, 3.05) is 6.54 Å². The van der Waals surface area contributed by atoms with Gasteiger partial charge in [0.15, 0.2) is 0 Å². The normalized spacial score (nSPS) is 12.6. The second kappa shape index (κ2) is 10.1. The van der Waals surface area contributed by atoms with Gasteiger partial charge >= 0.3 is 0 Å². The smallest absolute Gasteiger partial charge is 0.251 e. The number of amides is 1. The summed E-state index contributed by atoms with van der Waals surface area (Å²) >= 11 is 0. The van der Waals surface area contributed by atoms with Crippen molar-refractivity contribution in [1.29, 1.82) is 0 Å². The summed E-state index contributed by atoms with van der Waals surface area (Å²) < 4.78 is 0. The van der Waals surface area contributed by atoms with Crippen molar-refractivity contribution in [3.05, 3.63) is 94.6 Å². The third kappa shape index (κ3) is 5.42. The van der Waals surface area contributed by atoms with Crippen LogP contribution in [0.25, 0.3) is 0 Å². The van der Waals surface area contributed by atoms with E-state index < -0.39 is 0 Å². The Balaban J connectivity index is 1.57.